The molecule has 118 valence electrons. The second-order valence-corrected chi connectivity index (χ2v) is 7.55. The lowest BCUT2D eigenvalue weighted by atomic mass is 9.77. The Bertz CT molecular complexity index is 320. The van der Waals surface area contributed by atoms with Crippen LogP contribution >= 0.6 is 0 Å². The summed E-state index contributed by atoms with van der Waals surface area (Å²) in [5.41, 5.74) is 0.0186. The fraction of sp³-hybridized carbons (Fsp3) is 1.00. The fourth-order valence-corrected chi connectivity index (χ4v) is 4.08. The molecule has 2 unspecified atom stereocenters. The van der Waals surface area contributed by atoms with E-state index in [0.29, 0.717) is 12.1 Å². The molecule has 2 fully saturated rings. The second kappa shape index (κ2) is 6.30. The highest BCUT2D eigenvalue weighted by Crippen LogP contribution is 2.35. The molecule has 1 aliphatic carbocycles. The van der Waals surface area contributed by atoms with Gasteiger partial charge >= 0.3 is 0 Å². The highest BCUT2D eigenvalue weighted by molar-refractivity contribution is 5.00. The monoisotopic (exact) mass is 284 g/mol. The molecule has 2 N–H and O–H groups in total. The number of hydrogen-bond donors (Lipinski definition) is 2. The summed E-state index contributed by atoms with van der Waals surface area (Å²) in [6, 6.07) is 0.972. The van der Waals surface area contributed by atoms with E-state index in [0.717, 1.165) is 32.6 Å². The summed E-state index contributed by atoms with van der Waals surface area (Å²) in [6.07, 6.45) is 4.57. The van der Waals surface area contributed by atoms with Gasteiger partial charge in [0.15, 0.2) is 0 Å². The minimum absolute atomic E-state index is 0.0918. The molecule has 20 heavy (non-hydrogen) atoms. The van der Waals surface area contributed by atoms with Crippen molar-refractivity contribution in [3.63, 3.8) is 0 Å². The van der Waals surface area contributed by atoms with Crippen molar-refractivity contribution in [1.29, 1.82) is 0 Å². The number of hydrogen-bond acceptors (Lipinski definition) is 4. The van der Waals surface area contributed by atoms with Gasteiger partial charge in [0.2, 0.25) is 0 Å². The van der Waals surface area contributed by atoms with Crippen LogP contribution < -0.4 is 5.32 Å². The average Bonchev–Trinajstić information content (AvgIpc) is 2.37. The van der Waals surface area contributed by atoms with Gasteiger partial charge in [-0.1, -0.05) is 13.8 Å². The molecular formula is C16H32N2O2. The molecule has 0 spiro atoms. The van der Waals surface area contributed by atoms with Crippen molar-refractivity contribution in [2.24, 2.45) is 0 Å². The van der Waals surface area contributed by atoms with Gasteiger partial charge in [0.25, 0.3) is 0 Å². The first kappa shape index (κ1) is 16.2. The quantitative estimate of drug-likeness (QED) is 0.826. The molecule has 1 saturated carbocycles. The van der Waals surface area contributed by atoms with Gasteiger partial charge in [-0.05, 0) is 39.5 Å². The van der Waals surface area contributed by atoms with Crippen LogP contribution in [-0.4, -0.2) is 59.5 Å². The summed E-state index contributed by atoms with van der Waals surface area (Å²) in [4.78, 5) is 2.61. The van der Waals surface area contributed by atoms with Gasteiger partial charge in [-0.2, -0.15) is 0 Å². The van der Waals surface area contributed by atoms with Crippen LogP contribution in [0.4, 0.5) is 0 Å². The van der Waals surface area contributed by atoms with Crippen molar-refractivity contribution in [2.45, 2.75) is 76.5 Å². The van der Waals surface area contributed by atoms with Crippen LogP contribution in [0.25, 0.3) is 0 Å². The lowest BCUT2D eigenvalue weighted by Gasteiger charge is -2.51. The van der Waals surface area contributed by atoms with Crippen LogP contribution in [0.15, 0.2) is 0 Å². The molecule has 2 rings (SSSR count). The number of nitrogens with zero attached hydrogens (tertiary/aromatic N) is 1. The smallest absolute Gasteiger partial charge is 0.0645 e. The lowest BCUT2D eigenvalue weighted by Crippen LogP contribution is -2.63. The Morgan fingerprint density at radius 1 is 1.40 bits per heavy atom. The van der Waals surface area contributed by atoms with Crippen LogP contribution in [0.1, 0.15) is 53.4 Å². The molecule has 1 heterocycles. The van der Waals surface area contributed by atoms with Crippen LogP contribution in [0.2, 0.25) is 0 Å². The number of aliphatic hydroxyl groups is 1. The largest absolute Gasteiger partial charge is 0.394 e. The van der Waals surface area contributed by atoms with E-state index in [2.05, 4.69) is 37.9 Å². The SMILES string of the molecule is CC(C)NC1(CO)CCCC(N2CCOCC2(C)C)C1. The second-order valence-electron chi connectivity index (χ2n) is 7.55. The van der Waals surface area contributed by atoms with E-state index in [4.69, 9.17) is 4.74 Å². The maximum atomic E-state index is 9.93. The molecule has 4 nitrogen and oxygen atoms in total. The standard InChI is InChI=1S/C16H32N2O2/c1-13(2)17-16(11-19)7-5-6-14(10-16)18-8-9-20-12-15(18,3)4/h13-14,17,19H,5-12H2,1-4H3. The molecule has 0 amide bonds. The number of nitrogens with one attached hydrogen (secondary N) is 1. The Kier molecular flexibility index (Phi) is 5.11. The van der Waals surface area contributed by atoms with Crippen LogP contribution in [0.3, 0.4) is 0 Å². The molecule has 4 heteroatoms. The molecule has 0 aromatic rings. The zero-order valence-electron chi connectivity index (χ0n) is 13.6. The van der Waals surface area contributed by atoms with Crippen molar-refractivity contribution < 1.29 is 9.84 Å². The Morgan fingerprint density at radius 3 is 2.75 bits per heavy atom. The van der Waals surface area contributed by atoms with Gasteiger partial charge in [0, 0.05) is 29.7 Å². The molecule has 1 aliphatic heterocycles. The maximum Gasteiger partial charge on any atom is 0.0645 e. The highest BCUT2D eigenvalue weighted by atomic mass is 16.5. The van der Waals surface area contributed by atoms with E-state index in [1.165, 1.54) is 12.8 Å². The third-order valence-corrected chi connectivity index (χ3v) is 4.87. The predicted molar refractivity (Wildman–Crippen MR) is 81.9 cm³/mol. The maximum absolute atomic E-state index is 9.93. The topological polar surface area (TPSA) is 44.7 Å². The average molecular weight is 284 g/mol. The number of morpholine rings is 1. The van der Waals surface area contributed by atoms with E-state index in [-0.39, 0.29) is 17.7 Å². The fourth-order valence-electron chi connectivity index (χ4n) is 4.08. The normalized spacial score (nSPS) is 35.4. The highest BCUT2D eigenvalue weighted by Gasteiger charge is 2.42. The third-order valence-electron chi connectivity index (χ3n) is 4.87. The molecular weight excluding hydrogens is 252 g/mol. The van der Waals surface area contributed by atoms with E-state index in [1.54, 1.807) is 0 Å². The van der Waals surface area contributed by atoms with Crippen LogP contribution in [-0.2, 0) is 4.74 Å². The Labute approximate surface area is 123 Å². The first-order valence-electron chi connectivity index (χ1n) is 8.12. The van der Waals surface area contributed by atoms with E-state index >= 15 is 0 Å². The van der Waals surface area contributed by atoms with Crippen molar-refractivity contribution in [2.75, 3.05) is 26.4 Å². The summed E-state index contributed by atoms with van der Waals surface area (Å²) in [7, 11) is 0. The van der Waals surface area contributed by atoms with E-state index < -0.39 is 0 Å². The number of ether oxygens (including phenoxy) is 1. The molecule has 2 aliphatic rings. The minimum atomic E-state index is -0.0918. The summed E-state index contributed by atoms with van der Waals surface area (Å²) in [5.74, 6) is 0. The lowest BCUT2D eigenvalue weighted by molar-refractivity contribution is -0.0877. The van der Waals surface area contributed by atoms with Gasteiger partial charge in [-0.15, -0.1) is 0 Å². The van der Waals surface area contributed by atoms with E-state index in [9.17, 15) is 5.11 Å². The van der Waals surface area contributed by atoms with Crippen LogP contribution in [0, 0.1) is 0 Å². The van der Waals surface area contributed by atoms with Crippen molar-refractivity contribution in [3.05, 3.63) is 0 Å². The van der Waals surface area contributed by atoms with Gasteiger partial charge in [-0.3, -0.25) is 4.90 Å². The Morgan fingerprint density at radius 2 is 2.15 bits per heavy atom. The third kappa shape index (κ3) is 3.53. The number of rotatable bonds is 4. The van der Waals surface area contributed by atoms with E-state index in [1.807, 2.05) is 0 Å². The van der Waals surface area contributed by atoms with Gasteiger partial charge in [-0.25, -0.2) is 0 Å². The zero-order valence-corrected chi connectivity index (χ0v) is 13.6. The zero-order chi connectivity index (χ0) is 14.8. The molecule has 0 aromatic carbocycles. The minimum Gasteiger partial charge on any atom is -0.394 e. The summed E-state index contributed by atoms with van der Waals surface area (Å²) >= 11 is 0. The molecule has 2 atom stereocenters. The predicted octanol–water partition coefficient (Wildman–Crippen LogP) is 1.77. The molecule has 1 saturated heterocycles. The van der Waals surface area contributed by atoms with Gasteiger partial charge < -0.3 is 15.2 Å². The van der Waals surface area contributed by atoms with Gasteiger partial charge in [0.1, 0.15) is 0 Å². The summed E-state index contributed by atoms with van der Waals surface area (Å²) < 4.78 is 5.64. The van der Waals surface area contributed by atoms with Gasteiger partial charge in [0.05, 0.1) is 19.8 Å². The van der Waals surface area contributed by atoms with Crippen molar-refractivity contribution in [3.8, 4) is 0 Å². The first-order valence-corrected chi connectivity index (χ1v) is 8.12. The molecule has 0 aromatic heterocycles. The molecule has 0 radical (unpaired) electrons. The molecule has 0 bridgehead atoms. The number of aliphatic hydroxyl groups excluding tert-OH is 1. The Hall–Kier alpha value is -0.160. The Balaban J connectivity index is 2.08. The first-order chi connectivity index (χ1) is 9.38. The summed E-state index contributed by atoms with van der Waals surface area (Å²) in [5, 5.41) is 13.6. The van der Waals surface area contributed by atoms with Crippen molar-refractivity contribution in [1.82, 2.24) is 10.2 Å². The summed E-state index contributed by atoms with van der Waals surface area (Å²) in [6.45, 7) is 11.8. The van der Waals surface area contributed by atoms with Crippen molar-refractivity contribution >= 4 is 0 Å². The van der Waals surface area contributed by atoms with Crippen LogP contribution in [0.5, 0.6) is 0 Å².